The molecule has 0 aliphatic rings. The average molecular weight is 251 g/mol. The lowest BCUT2D eigenvalue weighted by atomic mass is 10.1. The number of nitrogens with zero attached hydrogens (tertiary/aromatic N) is 3. The summed E-state index contributed by atoms with van der Waals surface area (Å²) >= 11 is 0. The van der Waals surface area contributed by atoms with Crippen LogP contribution in [0.25, 0.3) is 0 Å². The van der Waals surface area contributed by atoms with Crippen LogP contribution >= 0.6 is 0 Å². The summed E-state index contributed by atoms with van der Waals surface area (Å²) in [6.45, 7) is 8.55. The van der Waals surface area contributed by atoms with Gasteiger partial charge in [0.2, 0.25) is 0 Å². The monoisotopic (exact) mass is 251 g/mol. The highest BCUT2D eigenvalue weighted by Gasteiger charge is 2.14. The Balaban J connectivity index is 3.03. The Bertz CT molecular complexity index is 378. The van der Waals surface area contributed by atoms with Crippen molar-refractivity contribution in [3.05, 3.63) is 11.9 Å². The molecule has 0 aromatic carbocycles. The summed E-state index contributed by atoms with van der Waals surface area (Å²) in [5.41, 5.74) is 2.61. The van der Waals surface area contributed by atoms with Crippen LogP contribution in [-0.4, -0.2) is 23.1 Å². The highest BCUT2D eigenvalue weighted by atomic mass is 15.3. The fraction of sp³-hybridized carbons (Fsp3) is 0.692. The Labute approximate surface area is 110 Å². The SMILES string of the molecule is CCCC(C)N(C)c1cc(NN)nc(C(C)C)n1. The van der Waals surface area contributed by atoms with Gasteiger partial charge in [0.25, 0.3) is 0 Å². The van der Waals surface area contributed by atoms with E-state index in [4.69, 9.17) is 5.84 Å². The predicted octanol–water partition coefficient (Wildman–Crippen LogP) is 2.51. The van der Waals surface area contributed by atoms with Crippen LogP contribution in [0.3, 0.4) is 0 Å². The molecule has 0 radical (unpaired) electrons. The molecule has 0 aliphatic carbocycles. The fourth-order valence-electron chi connectivity index (χ4n) is 1.80. The first-order valence-electron chi connectivity index (χ1n) is 6.58. The molecule has 0 amide bonds. The van der Waals surface area contributed by atoms with Gasteiger partial charge in [-0.2, -0.15) is 0 Å². The van der Waals surface area contributed by atoms with Crippen LogP contribution in [-0.2, 0) is 0 Å². The summed E-state index contributed by atoms with van der Waals surface area (Å²) in [6.07, 6.45) is 2.30. The number of hydrogen-bond acceptors (Lipinski definition) is 5. The molecule has 1 atom stereocenters. The molecular weight excluding hydrogens is 226 g/mol. The second-order valence-corrected chi connectivity index (χ2v) is 5.02. The summed E-state index contributed by atoms with van der Waals surface area (Å²) < 4.78 is 0. The molecule has 1 unspecified atom stereocenters. The van der Waals surface area contributed by atoms with Crippen molar-refractivity contribution in [3.8, 4) is 0 Å². The number of rotatable bonds is 6. The number of anilines is 2. The standard InChI is InChI=1S/C13H25N5/c1-6-7-10(4)18(5)12-8-11(17-14)15-13(16-12)9(2)3/h8-10H,6-7,14H2,1-5H3,(H,15,16,17). The topological polar surface area (TPSA) is 67.1 Å². The molecule has 5 nitrogen and oxygen atoms in total. The van der Waals surface area contributed by atoms with Crippen molar-refractivity contribution >= 4 is 11.6 Å². The minimum atomic E-state index is 0.284. The van der Waals surface area contributed by atoms with Gasteiger partial charge in [-0.15, -0.1) is 0 Å². The molecular formula is C13H25N5. The molecule has 0 fully saturated rings. The zero-order chi connectivity index (χ0) is 13.7. The van der Waals surface area contributed by atoms with Crippen molar-refractivity contribution in [2.45, 2.75) is 52.5 Å². The highest BCUT2D eigenvalue weighted by molar-refractivity contribution is 5.49. The van der Waals surface area contributed by atoms with Crippen molar-refractivity contribution in [2.75, 3.05) is 17.4 Å². The molecule has 0 spiro atoms. The Morgan fingerprint density at radius 3 is 2.50 bits per heavy atom. The highest BCUT2D eigenvalue weighted by Crippen LogP contribution is 2.21. The number of nitrogens with one attached hydrogen (secondary N) is 1. The van der Waals surface area contributed by atoms with Crippen LogP contribution in [0.1, 0.15) is 52.3 Å². The van der Waals surface area contributed by atoms with E-state index >= 15 is 0 Å². The van der Waals surface area contributed by atoms with Gasteiger partial charge in [-0.3, -0.25) is 0 Å². The van der Waals surface area contributed by atoms with E-state index in [0.29, 0.717) is 11.9 Å². The van der Waals surface area contributed by atoms with E-state index < -0.39 is 0 Å². The van der Waals surface area contributed by atoms with E-state index in [1.54, 1.807) is 0 Å². The van der Waals surface area contributed by atoms with Crippen LogP contribution in [0.2, 0.25) is 0 Å². The van der Waals surface area contributed by atoms with Crippen LogP contribution in [0.15, 0.2) is 6.07 Å². The number of aromatic nitrogens is 2. The normalized spacial score (nSPS) is 12.6. The van der Waals surface area contributed by atoms with E-state index in [-0.39, 0.29) is 5.92 Å². The third kappa shape index (κ3) is 3.57. The molecule has 18 heavy (non-hydrogen) atoms. The molecule has 1 aromatic rings. The van der Waals surface area contributed by atoms with Gasteiger partial charge in [0.1, 0.15) is 17.5 Å². The maximum absolute atomic E-state index is 5.46. The van der Waals surface area contributed by atoms with E-state index in [0.717, 1.165) is 24.5 Å². The second-order valence-electron chi connectivity index (χ2n) is 5.02. The smallest absolute Gasteiger partial charge is 0.145 e. The third-order valence-corrected chi connectivity index (χ3v) is 3.12. The Morgan fingerprint density at radius 1 is 1.33 bits per heavy atom. The molecule has 0 saturated carbocycles. The molecule has 1 aromatic heterocycles. The molecule has 0 aliphatic heterocycles. The van der Waals surface area contributed by atoms with Crippen LogP contribution in [0.4, 0.5) is 11.6 Å². The minimum absolute atomic E-state index is 0.284. The van der Waals surface area contributed by atoms with Crippen LogP contribution in [0.5, 0.6) is 0 Å². The van der Waals surface area contributed by atoms with Crippen molar-refractivity contribution in [1.29, 1.82) is 0 Å². The van der Waals surface area contributed by atoms with Gasteiger partial charge < -0.3 is 10.3 Å². The Kier molecular flexibility index (Phi) is 5.34. The average Bonchev–Trinajstić information content (AvgIpc) is 2.37. The maximum Gasteiger partial charge on any atom is 0.145 e. The summed E-state index contributed by atoms with van der Waals surface area (Å²) in [4.78, 5) is 11.1. The third-order valence-electron chi connectivity index (χ3n) is 3.12. The zero-order valence-corrected chi connectivity index (χ0v) is 12.1. The molecule has 5 heteroatoms. The minimum Gasteiger partial charge on any atom is -0.357 e. The van der Waals surface area contributed by atoms with Gasteiger partial charge in [0.05, 0.1) is 0 Å². The number of nitrogens with two attached hydrogens (primary N) is 1. The molecule has 1 heterocycles. The maximum atomic E-state index is 5.46. The summed E-state index contributed by atoms with van der Waals surface area (Å²) in [6, 6.07) is 2.34. The molecule has 102 valence electrons. The van der Waals surface area contributed by atoms with Crippen molar-refractivity contribution in [3.63, 3.8) is 0 Å². The van der Waals surface area contributed by atoms with E-state index in [9.17, 15) is 0 Å². The lowest BCUT2D eigenvalue weighted by molar-refractivity contribution is 0.608. The number of hydrogen-bond donors (Lipinski definition) is 2. The zero-order valence-electron chi connectivity index (χ0n) is 12.1. The Morgan fingerprint density at radius 2 is 2.00 bits per heavy atom. The van der Waals surface area contributed by atoms with Crippen LogP contribution < -0.4 is 16.2 Å². The molecule has 1 rings (SSSR count). The van der Waals surface area contributed by atoms with E-state index in [1.165, 1.54) is 0 Å². The first-order chi connectivity index (χ1) is 8.49. The largest absolute Gasteiger partial charge is 0.357 e. The van der Waals surface area contributed by atoms with Gasteiger partial charge in [-0.25, -0.2) is 15.8 Å². The first-order valence-corrected chi connectivity index (χ1v) is 6.58. The molecule has 0 bridgehead atoms. The number of hydrazine groups is 1. The van der Waals surface area contributed by atoms with Gasteiger partial charge in [0.15, 0.2) is 0 Å². The van der Waals surface area contributed by atoms with Crippen molar-refractivity contribution in [2.24, 2.45) is 5.84 Å². The van der Waals surface area contributed by atoms with Gasteiger partial charge >= 0.3 is 0 Å². The Hall–Kier alpha value is -1.36. The molecule has 0 saturated heterocycles. The van der Waals surface area contributed by atoms with Gasteiger partial charge in [-0.05, 0) is 13.3 Å². The lowest BCUT2D eigenvalue weighted by Crippen LogP contribution is -2.30. The summed E-state index contributed by atoms with van der Waals surface area (Å²) in [5, 5.41) is 0. The summed E-state index contributed by atoms with van der Waals surface area (Å²) in [5.74, 6) is 8.15. The van der Waals surface area contributed by atoms with Crippen molar-refractivity contribution < 1.29 is 0 Å². The lowest BCUT2D eigenvalue weighted by Gasteiger charge is -2.26. The second kappa shape index (κ2) is 6.54. The van der Waals surface area contributed by atoms with E-state index in [2.05, 4.69) is 55.0 Å². The fourth-order valence-corrected chi connectivity index (χ4v) is 1.80. The predicted molar refractivity (Wildman–Crippen MR) is 76.7 cm³/mol. The quantitative estimate of drug-likeness (QED) is 0.600. The van der Waals surface area contributed by atoms with E-state index in [1.807, 2.05) is 6.07 Å². The van der Waals surface area contributed by atoms with Crippen LogP contribution in [0, 0.1) is 0 Å². The molecule has 3 N–H and O–H groups in total. The van der Waals surface area contributed by atoms with Gasteiger partial charge in [0, 0.05) is 25.1 Å². The van der Waals surface area contributed by atoms with Gasteiger partial charge in [-0.1, -0.05) is 27.2 Å². The summed E-state index contributed by atoms with van der Waals surface area (Å²) in [7, 11) is 2.06. The van der Waals surface area contributed by atoms with Crippen molar-refractivity contribution in [1.82, 2.24) is 9.97 Å². The number of nitrogen functional groups attached to an aromatic ring is 1. The first kappa shape index (κ1) is 14.7.